The van der Waals surface area contributed by atoms with Crippen molar-refractivity contribution in [1.29, 1.82) is 0 Å². The minimum absolute atomic E-state index is 0.0511. The fourth-order valence-corrected chi connectivity index (χ4v) is 4.97. The van der Waals surface area contributed by atoms with E-state index in [0.29, 0.717) is 11.6 Å². The number of carbonyl (C=O) groups is 2. The largest absolute Gasteiger partial charge is 0.497 e. The molecule has 1 N–H and O–H groups in total. The van der Waals surface area contributed by atoms with Gasteiger partial charge in [-0.1, -0.05) is 56.3 Å². The summed E-state index contributed by atoms with van der Waals surface area (Å²) in [6.07, 6.45) is 0. The van der Waals surface area contributed by atoms with Crippen molar-refractivity contribution in [3.63, 3.8) is 0 Å². The van der Waals surface area contributed by atoms with Crippen LogP contribution in [0.1, 0.15) is 53.0 Å². The van der Waals surface area contributed by atoms with Crippen molar-refractivity contribution in [2.45, 2.75) is 25.8 Å². The van der Waals surface area contributed by atoms with E-state index in [4.69, 9.17) is 4.74 Å². The number of methoxy groups -OCH3 is 1. The van der Waals surface area contributed by atoms with E-state index in [-0.39, 0.29) is 24.4 Å². The highest BCUT2D eigenvalue weighted by Crippen LogP contribution is 2.44. The number of hydrogen-bond acceptors (Lipinski definition) is 3. The highest BCUT2D eigenvalue weighted by atomic mass is 16.5. The summed E-state index contributed by atoms with van der Waals surface area (Å²) >= 11 is 0. The summed E-state index contributed by atoms with van der Waals surface area (Å²) in [7, 11) is 3.53. The van der Waals surface area contributed by atoms with Gasteiger partial charge in [0, 0.05) is 29.2 Å². The van der Waals surface area contributed by atoms with Crippen LogP contribution in [0.5, 0.6) is 5.75 Å². The van der Waals surface area contributed by atoms with Crippen LogP contribution in [0.25, 0.3) is 10.9 Å². The van der Waals surface area contributed by atoms with Crippen LogP contribution in [0.4, 0.5) is 5.69 Å². The second-order valence-corrected chi connectivity index (χ2v) is 9.27. The van der Waals surface area contributed by atoms with Crippen LogP contribution in [0.2, 0.25) is 0 Å². The molecule has 2 heterocycles. The van der Waals surface area contributed by atoms with Crippen molar-refractivity contribution in [1.82, 2.24) is 9.47 Å². The molecular weight excluding hydrogens is 438 g/mol. The van der Waals surface area contributed by atoms with Crippen molar-refractivity contribution in [2.24, 2.45) is 7.05 Å². The molecule has 5 rings (SSSR count). The van der Waals surface area contributed by atoms with Crippen molar-refractivity contribution < 1.29 is 14.3 Å². The maximum absolute atomic E-state index is 13.7. The number of benzene rings is 3. The number of hydrogen-bond donors (Lipinski definition) is 1. The molecule has 1 aromatic heterocycles. The number of aromatic nitrogens is 1. The molecule has 0 radical (unpaired) electrons. The molecule has 0 fully saturated rings. The van der Waals surface area contributed by atoms with Gasteiger partial charge in [0.1, 0.15) is 18.0 Å². The van der Waals surface area contributed by atoms with E-state index >= 15 is 0 Å². The molecule has 0 bridgehead atoms. The van der Waals surface area contributed by atoms with Crippen LogP contribution in [-0.2, 0) is 11.8 Å². The number of para-hydroxylation sites is 1. The number of fused-ring (bicyclic) bond motifs is 3. The molecule has 0 spiro atoms. The number of carbonyl (C=O) groups excluding carboxylic acids is 2. The summed E-state index contributed by atoms with van der Waals surface area (Å²) in [5, 5.41) is 3.98. The maximum atomic E-state index is 13.7. The molecule has 178 valence electrons. The average Bonchev–Trinajstić information content (AvgIpc) is 3.31. The normalized spacial score (nSPS) is 15.1. The number of ether oxygens (including phenoxy) is 1. The van der Waals surface area contributed by atoms with Crippen molar-refractivity contribution in [3.05, 3.63) is 95.2 Å². The molecule has 0 aliphatic carbocycles. The van der Waals surface area contributed by atoms with Crippen molar-refractivity contribution >= 4 is 28.4 Å². The number of nitrogens with zero attached hydrogens (tertiary/aromatic N) is 2. The Morgan fingerprint density at radius 2 is 1.69 bits per heavy atom. The fraction of sp³-hybridized carbons (Fsp3) is 0.241. The molecule has 4 aromatic rings. The molecule has 1 aliphatic rings. The van der Waals surface area contributed by atoms with Gasteiger partial charge in [-0.05, 0) is 47.4 Å². The van der Waals surface area contributed by atoms with Crippen LogP contribution in [0.3, 0.4) is 0 Å². The molecular formula is C29H29N3O3. The van der Waals surface area contributed by atoms with Gasteiger partial charge in [-0.15, -0.1) is 0 Å². The Morgan fingerprint density at radius 1 is 1.00 bits per heavy atom. The second kappa shape index (κ2) is 8.95. The lowest BCUT2D eigenvalue weighted by molar-refractivity contribution is -0.117. The molecule has 2 amide bonds. The molecule has 3 aromatic carbocycles. The predicted molar refractivity (Wildman–Crippen MR) is 138 cm³/mol. The number of aryl methyl sites for hydroxylation is 1. The van der Waals surface area contributed by atoms with Gasteiger partial charge in [-0.25, -0.2) is 0 Å². The van der Waals surface area contributed by atoms with Gasteiger partial charge in [0.05, 0.1) is 13.2 Å². The first-order valence-electron chi connectivity index (χ1n) is 11.8. The van der Waals surface area contributed by atoms with Gasteiger partial charge >= 0.3 is 0 Å². The van der Waals surface area contributed by atoms with Gasteiger partial charge in [0.25, 0.3) is 5.91 Å². The minimum atomic E-state index is -0.372. The molecule has 1 atom stereocenters. The highest BCUT2D eigenvalue weighted by molar-refractivity contribution is 6.08. The predicted octanol–water partition coefficient (Wildman–Crippen LogP) is 5.49. The van der Waals surface area contributed by atoms with Crippen LogP contribution in [0.15, 0.2) is 72.8 Å². The number of anilines is 1. The number of rotatable bonds is 6. The summed E-state index contributed by atoms with van der Waals surface area (Å²) in [6.45, 7) is 4.21. The van der Waals surface area contributed by atoms with E-state index in [2.05, 4.69) is 19.2 Å². The van der Waals surface area contributed by atoms with Gasteiger partial charge in [-0.3, -0.25) is 9.59 Å². The lowest BCUT2D eigenvalue weighted by Crippen LogP contribution is -2.37. The third kappa shape index (κ3) is 3.95. The topological polar surface area (TPSA) is 63.6 Å². The van der Waals surface area contributed by atoms with Gasteiger partial charge < -0.3 is 19.5 Å². The lowest BCUT2D eigenvalue weighted by atomic mass is 9.98. The Hall–Kier alpha value is -4.06. The van der Waals surface area contributed by atoms with Crippen LogP contribution >= 0.6 is 0 Å². The molecule has 6 nitrogen and oxygen atoms in total. The van der Waals surface area contributed by atoms with E-state index in [9.17, 15) is 9.59 Å². The standard InChI is InChI=1S/C29H29N3O3/c1-18(2)19-9-13-21(14-10-19)30-25(33)17-32-27(20-11-15-22(35-4)16-12-20)26-23-7-5-6-8-24(23)31(3)28(26)29(32)34/h5-16,18,27H,17H2,1-4H3,(H,30,33)/t27-/m0/s1. The highest BCUT2D eigenvalue weighted by Gasteiger charge is 2.42. The van der Waals surface area contributed by atoms with Gasteiger partial charge in [-0.2, -0.15) is 0 Å². The van der Waals surface area contributed by atoms with E-state index < -0.39 is 0 Å². The molecule has 35 heavy (non-hydrogen) atoms. The zero-order valence-corrected chi connectivity index (χ0v) is 20.4. The molecule has 0 unspecified atom stereocenters. The van der Waals surface area contributed by atoms with E-state index in [1.54, 1.807) is 12.0 Å². The van der Waals surface area contributed by atoms with Crippen molar-refractivity contribution in [2.75, 3.05) is 19.0 Å². The van der Waals surface area contributed by atoms with Crippen LogP contribution in [-0.4, -0.2) is 34.9 Å². The first kappa shape index (κ1) is 22.7. The van der Waals surface area contributed by atoms with Gasteiger partial charge in [0.2, 0.25) is 5.91 Å². The first-order valence-corrected chi connectivity index (χ1v) is 11.8. The van der Waals surface area contributed by atoms with Crippen LogP contribution < -0.4 is 10.1 Å². The van der Waals surface area contributed by atoms with Crippen molar-refractivity contribution in [3.8, 4) is 5.75 Å². The summed E-state index contributed by atoms with van der Waals surface area (Å²) in [4.78, 5) is 28.5. The Morgan fingerprint density at radius 3 is 2.34 bits per heavy atom. The molecule has 1 aliphatic heterocycles. The second-order valence-electron chi connectivity index (χ2n) is 9.27. The summed E-state index contributed by atoms with van der Waals surface area (Å²) in [5.74, 6) is 0.780. The summed E-state index contributed by atoms with van der Waals surface area (Å²) in [5.41, 5.74) is 5.42. The first-order chi connectivity index (χ1) is 16.9. The van der Waals surface area contributed by atoms with E-state index in [1.165, 1.54) is 5.56 Å². The monoisotopic (exact) mass is 467 g/mol. The third-order valence-corrected chi connectivity index (χ3v) is 6.80. The average molecular weight is 468 g/mol. The maximum Gasteiger partial charge on any atom is 0.272 e. The smallest absolute Gasteiger partial charge is 0.272 e. The fourth-order valence-electron chi connectivity index (χ4n) is 4.97. The zero-order chi connectivity index (χ0) is 24.7. The third-order valence-electron chi connectivity index (χ3n) is 6.80. The zero-order valence-electron chi connectivity index (χ0n) is 20.4. The lowest BCUT2D eigenvalue weighted by Gasteiger charge is -2.26. The molecule has 0 saturated heterocycles. The Kier molecular flexibility index (Phi) is 5.81. The SMILES string of the molecule is COc1ccc([C@H]2c3c(n(C)c4ccccc34)C(=O)N2CC(=O)Nc2ccc(C(C)C)cc2)cc1. The summed E-state index contributed by atoms with van der Waals surface area (Å²) in [6, 6.07) is 23.2. The summed E-state index contributed by atoms with van der Waals surface area (Å²) < 4.78 is 7.27. The molecule has 0 saturated carbocycles. The Labute approximate surface area is 205 Å². The van der Waals surface area contributed by atoms with Gasteiger partial charge in [0.15, 0.2) is 0 Å². The van der Waals surface area contributed by atoms with E-state index in [0.717, 1.165) is 33.5 Å². The minimum Gasteiger partial charge on any atom is -0.497 e. The quantitative estimate of drug-likeness (QED) is 0.408. The number of amides is 2. The Balaban J connectivity index is 1.50. The van der Waals surface area contributed by atoms with Crippen LogP contribution in [0, 0.1) is 0 Å². The number of nitrogens with one attached hydrogen (secondary N) is 1. The van der Waals surface area contributed by atoms with E-state index in [1.807, 2.05) is 84.4 Å². The molecule has 6 heteroatoms. The Bertz CT molecular complexity index is 1400.